The summed E-state index contributed by atoms with van der Waals surface area (Å²) in [4.78, 5) is 10.8. The van der Waals surface area contributed by atoms with Crippen LogP contribution in [-0.4, -0.2) is 36.8 Å². The Morgan fingerprint density at radius 1 is 1.37 bits per heavy atom. The molecule has 19 heavy (non-hydrogen) atoms. The molecule has 1 heterocycles. The number of aromatic nitrogens is 2. The van der Waals surface area contributed by atoms with E-state index in [4.69, 9.17) is 16.3 Å². The van der Waals surface area contributed by atoms with Gasteiger partial charge in [-0.3, -0.25) is 0 Å². The van der Waals surface area contributed by atoms with Crippen molar-refractivity contribution in [2.75, 3.05) is 31.7 Å². The number of ether oxygens (including phenoxy) is 1. The summed E-state index contributed by atoms with van der Waals surface area (Å²) in [7, 11) is 1.72. The molecule has 108 valence electrons. The van der Waals surface area contributed by atoms with Gasteiger partial charge in [-0.25, -0.2) is 9.97 Å². The molecule has 0 amide bonds. The summed E-state index contributed by atoms with van der Waals surface area (Å²) in [6, 6.07) is 0. The summed E-state index contributed by atoms with van der Waals surface area (Å²) < 4.78 is 5.19. The van der Waals surface area contributed by atoms with Gasteiger partial charge in [0.25, 0.3) is 0 Å². The number of methoxy groups -OCH3 is 1. The van der Waals surface area contributed by atoms with Crippen molar-refractivity contribution in [1.29, 1.82) is 0 Å². The van der Waals surface area contributed by atoms with Crippen LogP contribution < -0.4 is 4.90 Å². The predicted molar refractivity (Wildman–Crippen MR) is 80.0 cm³/mol. The molecular formula is C14H24ClN3O. The predicted octanol–water partition coefficient (Wildman–Crippen LogP) is 3.19. The van der Waals surface area contributed by atoms with Crippen molar-refractivity contribution in [3.63, 3.8) is 0 Å². The molecule has 0 aliphatic rings. The maximum absolute atomic E-state index is 6.21. The van der Waals surface area contributed by atoms with Crippen LogP contribution in [0.4, 0.5) is 5.82 Å². The van der Waals surface area contributed by atoms with Gasteiger partial charge >= 0.3 is 0 Å². The van der Waals surface area contributed by atoms with E-state index in [1.54, 1.807) is 7.11 Å². The fourth-order valence-corrected chi connectivity index (χ4v) is 2.27. The maximum atomic E-state index is 6.21. The summed E-state index contributed by atoms with van der Waals surface area (Å²) in [6.45, 7) is 8.96. The van der Waals surface area contributed by atoms with Gasteiger partial charge < -0.3 is 9.64 Å². The zero-order chi connectivity index (χ0) is 14.3. The number of halogens is 1. The second-order valence-electron chi connectivity index (χ2n) is 5.05. The molecule has 0 atom stereocenters. The SMILES string of the molecule is CCCc1c(Cl)ncnc1N(CCOC)CC(C)C. The summed E-state index contributed by atoms with van der Waals surface area (Å²) in [5.41, 5.74) is 1.04. The van der Waals surface area contributed by atoms with E-state index >= 15 is 0 Å². The topological polar surface area (TPSA) is 38.2 Å². The highest BCUT2D eigenvalue weighted by molar-refractivity contribution is 6.30. The molecule has 0 aliphatic heterocycles. The summed E-state index contributed by atoms with van der Waals surface area (Å²) >= 11 is 6.21. The standard InChI is InChI=1S/C14H24ClN3O/c1-5-6-12-13(15)16-10-17-14(12)18(7-8-19-4)9-11(2)3/h10-11H,5-9H2,1-4H3. The summed E-state index contributed by atoms with van der Waals surface area (Å²) in [5, 5.41) is 0.568. The third-order valence-electron chi connectivity index (χ3n) is 2.82. The highest BCUT2D eigenvalue weighted by Gasteiger charge is 2.16. The normalized spacial score (nSPS) is 11.1. The van der Waals surface area contributed by atoms with Gasteiger partial charge in [-0.15, -0.1) is 0 Å². The monoisotopic (exact) mass is 285 g/mol. The third kappa shape index (κ3) is 4.96. The molecular weight excluding hydrogens is 262 g/mol. The molecule has 0 fully saturated rings. The molecule has 1 aromatic rings. The Labute approximate surface area is 121 Å². The van der Waals surface area contributed by atoms with Crippen LogP contribution in [0.25, 0.3) is 0 Å². The van der Waals surface area contributed by atoms with Gasteiger partial charge in [0.15, 0.2) is 0 Å². The van der Waals surface area contributed by atoms with E-state index in [9.17, 15) is 0 Å². The Hall–Kier alpha value is -0.870. The van der Waals surface area contributed by atoms with E-state index < -0.39 is 0 Å². The van der Waals surface area contributed by atoms with Crippen LogP contribution in [-0.2, 0) is 11.2 Å². The average Bonchev–Trinajstić information content (AvgIpc) is 2.37. The summed E-state index contributed by atoms with van der Waals surface area (Å²) in [5.74, 6) is 1.51. The van der Waals surface area contributed by atoms with Crippen LogP contribution in [0.2, 0.25) is 5.15 Å². The zero-order valence-corrected chi connectivity index (χ0v) is 13.1. The minimum Gasteiger partial charge on any atom is -0.383 e. The lowest BCUT2D eigenvalue weighted by molar-refractivity contribution is 0.204. The highest BCUT2D eigenvalue weighted by Crippen LogP contribution is 2.25. The fourth-order valence-electron chi connectivity index (χ4n) is 2.05. The highest BCUT2D eigenvalue weighted by atomic mass is 35.5. The molecule has 5 heteroatoms. The van der Waals surface area contributed by atoms with E-state index in [2.05, 4.69) is 35.6 Å². The molecule has 0 aliphatic carbocycles. The van der Waals surface area contributed by atoms with Crippen LogP contribution in [0.15, 0.2) is 6.33 Å². The first-order valence-electron chi connectivity index (χ1n) is 6.83. The number of rotatable bonds is 8. The van der Waals surface area contributed by atoms with Crippen LogP contribution in [0.5, 0.6) is 0 Å². The van der Waals surface area contributed by atoms with E-state index in [-0.39, 0.29) is 0 Å². The van der Waals surface area contributed by atoms with Crippen molar-refractivity contribution in [3.05, 3.63) is 17.0 Å². The van der Waals surface area contributed by atoms with Crippen molar-refractivity contribution < 1.29 is 4.74 Å². The molecule has 1 rings (SSSR count). The number of hydrogen-bond donors (Lipinski definition) is 0. The van der Waals surface area contributed by atoms with E-state index in [0.29, 0.717) is 17.7 Å². The van der Waals surface area contributed by atoms with Crippen LogP contribution in [0, 0.1) is 5.92 Å². The summed E-state index contributed by atoms with van der Waals surface area (Å²) in [6.07, 6.45) is 3.47. The first kappa shape index (κ1) is 16.2. The van der Waals surface area contributed by atoms with Crippen LogP contribution >= 0.6 is 11.6 Å². The average molecular weight is 286 g/mol. The van der Waals surface area contributed by atoms with Gasteiger partial charge in [-0.05, 0) is 12.3 Å². The van der Waals surface area contributed by atoms with E-state index in [1.165, 1.54) is 6.33 Å². The first-order chi connectivity index (χ1) is 9.10. The third-order valence-corrected chi connectivity index (χ3v) is 3.15. The van der Waals surface area contributed by atoms with Crippen molar-refractivity contribution in [2.45, 2.75) is 33.6 Å². The smallest absolute Gasteiger partial charge is 0.137 e. The molecule has 4 nitrogen and oxygen atoms in total. The number of hydrogen-bond acceptors (Lipinski definition) is 4. The van der Waals surface area contributed by atoms with Gasteiger partial charge in [-0.1, -0.05) is 38.8 Å². The maximum Gasteiger partial charge on any atom is 0.137 e. The second kappa shape index (κ2) is 8.33. The lowest BCUT2D eigenvalue weighted by atomic mass is 10.1. The van der Waals surface area contributed by atoms with E-state index in [1.807, 2.05) is 0 Å². The Bertz CT molecular complexity index is 385. The van der Waals surface area contributed by atoms with Gasteiger partial charge in [0, 0.05) is 25.8 Å². The first-order valence-corrected chi connectivity index (χ1v) is 7.21. The molecule has 0 radical (unpaired) electrons. The van der Waals surface area contributed by atoms with Gasteiger partial charge in [-0.2, -0.15) is 0 Å². The Kier molecular flexibility index (Phi) is 7.10. The minimum atomic E-state index is 0.556. The van der Waals surface area contributed by atoms with Gasteiger partial charge in [0.1, 0.15) is 17.3 Å². The van der Waals surface area contributed by atoms with Crippen LogP contribution in [0.3, 0.4) is 0 Å². The van der Waals surface area contributed by atoms with Crippen molar-refractivity contribution in [3.8, 4) is 0 Å². The van der Waals surface area contributed by atoms with Crippen molar-refractivity contribution in [2.24, 2.45) is 5.92 Å². The Morgan fingerprint density at radius 3 is 2.68 bits per heavy atom. The quantitative estimate of drug-likeness (QED) is 0.688. The largest absolute Gasteiger partial charge is 0.383 e. The van der Waals surface area contributed by atoms with Gasteiger partial charge in [0.05, 0.1) is 6.61 Å². The molecule has 0 N–H and O–H groups in total. The molecule has 0 bridgehead atoms. The Balaban J connectivity index is 3.02. The molecule has 0 aromatic carbocycles. The van der Waals surface area contributed by atoms with Gasteiger partial charge in [0.2, 0.25) is 0 Å². The number of anilines is 1. The minimum absolute atomic E-state index is 0.556. The zero-order valence-electron chi connectivity index (χ0n) is 12.3. The van der Waals surface area contributed by atoms with Crippen LogP contribution in [0.1, 0.15) is 32.8 Å². The lowest BCUT2D eigenvalue weighted by Crippen LogP contribution is -2.32. The molecule has 1 aromatic heterocycles. The lowest BCUT2D eigenvalue weighted by Gasteiger charge is -2.27. The molecule has 0 saturated heterocycles. The van der Waals surface area contributed by atoms with E-state index in [0.717, 1.165) is 37.3 Å². The fraction of sp³-hybridized carbons (Fsp3) is 0.714. The van der Waals surface area contributed by atoms with Crippen molar-refractivity contribution in [1.82, 2.24) is 9.97 Å². The molecule has 0 spiro atoms. The molecule has 0 unspecified atom stereocenters. The van der Waals surface area contributed by atoms with Crippen molar-refractivity contribution >= 4 is 17.4 Å². The number of nitrogens with zero attached hydrogens (tertiary/aromatic N) is 3. The molecule has 0 saturated carbocycles. The Morgan fingerprint density at radius 2 is 2.11 bits per heavy atom. The second-order valence-corrected chi connectivity index (χ2v) is 5.41.